The van der Waals surface area contributed by atoms with E-state index < -0.39 is 17.1 Å². The van der Waals surface area contributed by atoms with E-state index in [9.17, 15) is 13.2 Å². The molecule has 0 bridgehead atoms. The highest BCUT2D eigenvalue weighted by Gasteiger charge is 2.41. The molecule has 0 saturated heterocycles. The van der Waals surface area contributed by atoms with Crippen molar-refractivity contribution in [1.29, 1.82) is 0 Å². The molecule has 0 amide bonds. The number of methoxy groups -OCH3 is 1. The van der Waals surface area contributed by atoms with Crippen molar-refractivity contribution in [2.75, 3.05) is 7.11 Å². The standard InChI is InChI=1S/C6H8BrF3O/c1-3-4(5(7)11-2)6(8,9)10/h3-5H,1H2,2H3. The number of alkyl halides is 4. The van der Waals surface area contributed by atoms with E-state index in [1.54, 1.807) is 0 Å². The predicted molar refractivity (Wildman–Crippen MR) is 39.5 cm³/mol. The topological polar surface area (TPSA) is 9.23 Å². The Bertz CT molecular complexity index is 134. The first-order valence-corrected chi connectivity index (χ1v) is 3.71. The van der Waals surface area contributed by atoms with Crippen LogP contribution in [0.1, 0.15) is 0 Å². The Labute approximate surface area is 71.4 Å². The number of halogens is 4. The largest absolute Gasteiger partial charge is 0.398 e. The van der Waals surface area contributed by atoms with Crippen LogP contribution in [0, 0.1) is 5.92 Å². The summed E-state index contributed by atoms with van der Waals surface area (Å²) in [6.07, 6.45) is -3.49. The molecule has 0 aromatic heterocycles. The van der Waals surface area contributed by atoms with Crippen molar-refractivity contribution in [3.05, 3.63) is 12.7 Å². The van der Waals surface area contributed by atoms with Crippen LogP contribution in [0.3, 0.4) is 0 Å². The van der Waals surface area contributed by atoms with E-state index in [0.29, 0.717) is 0 Å². The fourth-order valence-corrected chi connectivity index (χ4v) is 1.05. The molecule has 66 valence electrons. The van der Waals surface area contributed by atoms with Crippen LogP contribution in [0.25, 0.3) is 0 Å². The molecule has 0 aliphatic carbocycles. The van der Waals surface area contributed by atoms with Crippen molar-refractivity contribution in [1.82, 2.24) is 0 Å². The van der Waals surface area contributed by atoms with Crippen LogP contribution < -0.4 is 0 Å². The van der Waals surface area contributed by atoms with Crippen LogP contribution in [0.15, 0.2) is 12.7 Å². The lowest BCUT2D eigenvalue weighted by Crippen LogP contribution is -2.29. The summed E-state index contributed by atoms with van der Waals surface area (Å²) in [5.41, 5.74) is 0. The van der Waals surface area contributed by atoms with E-state index in [2.05, 4.69) is 27.2 Å². The van der Waals surface area contributed by atoms with Gasteiger partial charge in [-0.3, -0.25) is 0 Å². The third kappa shape index (κ3) is 3.25. The maximum atomic E-state index is 12.0. The molecule has 5 heteroatoms. The summed E-state index contributed by atoms with van der Waals surface area (Å²) >= 11 is 2.73. The highest BCUT2D eigenvalue weighted by atomic mass is 79.9. The molecule has 0 heterocycles. The molecule has 0 aliphatic heterocycles. The third-order valence-corrected chi connectivity index (χ3v) is 2.08. The third-order valence-electron chi connectivity index (χ3n) is 1.14. The summed E-state index contributed by atoms with van der Waals surface area (Å²) in [5, 5.41) is -1.06. The molecule has 0 rings (SSSR count). The summed E-state index contributed by atoms with van der Waals surface area (Å²) < 4.78 is 40.4. The number of hydrogen-bond donors (Lipinski definition) is 0. The van der Waals surface area contributed by atoms with Gasteiger partial charge in [-0.1, -0.05) is 22.0 Å². The zero-order valence-corrected chi connectivity index (χ0v) is 7.45. The monoisotopic (exact) mass is 232 g/mol. The van der Waals surface area contributed by atoms with E-state index in [0.717, 1.165) is 6.08 Å². The van der Waals surface area contributed by atoms with Gasteiger partial charge >= 0.3 is 6.18 Å². The Kier molecular flexibility index (Phi) is 4.10. The second kappa shape index (κ2) is 4.11. The average Bonchev–Trinajstić information content (AvgIpc) is 1.86. The van der Waals surface area contributed by atoms with Gasteiger partial charge in [-0.05, 0) is 0 Å². The summed E-state index contributed by atoms with van der Waals surface area (Å²) in [7, 11) is 1.20. The summed E-state index contributed by atoms with van der Waals surface area (Å²) in [6.45, 7) is 3.07. The van der Waals surface area contributed by atoms with E-state index in [1.165, 1.54) is 7.11 Å². The van der Waals surface area contributed by atoms with Gasteiger partial charge in [-0.25, -0.2) is 0 Å². The molecule has 0 spiro atoms. The minimum atomic E-state index is -4.30. The van der Waals surface area contributed by atoms with Gasteiger partial charge in [-0.2, -0.15) is 13.2 Å². The zero-order valence-electron chi connectivity index (χ0n) is 5.86. The van der Waals surface area contributed by atoms with Crippen LogP contribution in [0.2, 0.25) is 0 Å². The van der Waals surface area contributed by atoms with E-state index in [1.807, 2.05) is 0 Å². The second-order valence-electron chi connectivity index (χ2n) is 1.89. The molecular weight excluding hydrogens is 225 g/mol. The number of ether oxygens (including phenoxy) is 1. The van der Waals surface area contributed by atoms with Crippen molar-refractivity contribution in [3.63, 3.8) is 0 Å². The molecule has 11 heavy (non-hydrogen) atoms. The number of rotatable bonds is 3. The first-order chi connectivity index (χ1) is 4.93. The lowest BCUT2D eigenvalue weighted by molar-refractivity contribution is -0.175. The first-order valence-electron chi connectivity index (χ1n) is 2.79. The fraction of sp³-hybridized carbons (Fsp3) is 0.667. The molecular formula is C6H8BrF3O. The van der Waals surface area contributed by atoms with Gasteiger partial charge in [0.1, 0.15) is 10.9 Å². The average molecular weight is 233 g/mol. The minimum absolute atomic E-state index is 0.808. The van der Waals surface area contributed by atoms with E-state index >= 15 is 0 Å². The lowest BCUT2D eigenvalue weighted by atomic mass is 10.1. The summed E-state index contributed by atoms with van der Waals surface area (Å²) in [5.74, 6) is -1.66. The minimum Gasteiger partial charge on any atom is -0.369 e. The van der Waals surface area contributed by atoms with Gasteiger partial charge in [0.25, 0.3) is 0 Å². The molecule has 0 N–H and O–H groups in total. The highest BCUT2D eigenvalue weighted by Crippen LogP contribution is 2.33. The maximum Gasteiger partial charge on any atom is 0.398 e. The van der Waals surface area contributed by atoms with E-state index in [-0.39, 0.29) is 0 Å². The number of hydrogen-bond acceptors (Lipinski definition) is 1. The van der Waals surface area contributed by atoms with Gasteiger partial charge in [0.2, 0.25) is 0 Å². The molecule has 2 atom stereocenters. The Morgan fingerprint density at radius 3 is 2.09 bits per heavy atom. The second-order valence-corrected chi connectivity index (χ2v) is 2.79. The van der Waals surface area contributed by atoms with Crippen LogP contribution in [0.5, 0.6) is 0 Å². The molecule has 0 aromatic rings. The van der Waals surface area contributed by atoms with Crippen molar-refractivity contribution < 1.29 is 17.9 Å². The molecule has 0 radical (unpaired) electrons. The quantitative estimate of drug-likeness (QED) is 0.537. The fourth-order valence-electron chi connectivity index (χ4n) is 0.536. The predicted octanol–water partition coefficient (Wildman–Crippen LogP) is 2.72. The van der Waals surface area contributed by atoms with Crippen molar-refractivity contribution >= 4 is 15.9 Å². The van der Waals surface area contributed by atoms with Crippen LogP contribution in [-0.4, -0.2) is 18.3 Å². The zero-order chi connectivity index (χ0) is 9.07. The van der Waals surface area contributed by atoms with Crippen LogP contribution in [0.4, 0.5) is 13.2 Å². The van der Waals surface area contributed by atoms with Gasteiger partial charge < -0.3 is 4.74 Å². The molecule has 0 aromatic carbocycles. The van der Waals surface area contributed by atoms with Gasteiger partial charge in [0, 0.05) is 7.11 Å². The Balaban J connectivity index is 4.28. The van der Waals surface area contributed by atoms with Crippen molar-refractivity contribution in [3.8, 4) is 0 Å². The van der Waals surface area contributed by atoms with Crippen molar-refractivity contribution in [2.45, 2.75) is 11.2 Å². The molecule has 0 saturated carbocycles. The Morgan fingerprint density at radius 2 is 2.00 bits per heavy atom. The van der Waals surface area contributed by atoms with Crippen LogP contribution in [-0.2, 0) is 4.74 Å². The summed E-state index contributed by atoms with van der Waals surface area (Å²) in [6, 6.07) is 0. The van der Waals surface area contributed by atoms with Crippen molar-refractivity contribution in [2.24, 2.45) is 5.92 Å². The van der Waals surface area contributed by atoms with Gasteiger partial charge in [-0.15, -0.1) is 6.58 Å². The highest BCUT2D eigenvalue weighted by molar-refractivity contribution is 9.09. The van der Waals surface area contributed by atoms with Crippen LogP contribution >= 0.6 is 15.9 Å². The molecule has 1 nitrogen and oxygen atoms in total. The smallest absolute Gasteiger partial charge is 0.369 e. The summed E-state index contributed by atoms with van der Waals surface area (Å²) in [4.78, 5) is 0. The molecule has 2 unspecified atom stereocenters. The maximum absolute atomic E-state index is 12.0. The van der Waals surface area contributed by atoms with Gasteiger partial charge in [0.05, 0.1) is 0 Å². The van der Waals surface area contributed by atoms with E-state index in [4.69, 9.17) is 0 Å². The van der Waals surface area contributed by atoms with Gasteiger partial charge in [0.15, 0.2) is 0 Å². The first kappa shape index (κ1) is 11.0. The molecule has 0 fully saturated rings. The Hall–Kier alpha value is -0.0300. The lowest BCUT2D eigenvalue weighted by Gasteiger charge is -2.20. The Morgan fingerprint density at radius 1 is 1.55 bits per heavy atom. The SMILES string of the molecule is C=CC(C(Br)OC)C(F)(F)F. The molecule has 0 aliphatic rings. The normalized spacial score (nSPS) is 17.5.